The molecule has 140 valence electrons. The van der Waals surface area contributed by atoms with E-state index in [1.807, 2.05) is 12.1 Å². The molecule has 26 heavy (non-hydrogen) atoms. The van der Waals surface area contributed by atoms with Crippen molar-refractivity contribution >= 4 is 28.2 Å². The predicted molar refractivity (Wildman–Crippen MR) is 108 cm³/mol. The summed E-state index contributed by atoms with van der Waals surface area (Å²) in [5, 5.41) is 1.91. The smallest absolute Gasteiger partial charge is 0.255 e. The highest BCUT2D eigenvalue weighted by atomic mass is 35.5. The normalized spacial score (nSPS) is 16.9. The number of carbonyl (C=O) groups is 1. The lowest BCUT2D eigenvalue weighted by Gasteiger charge is -2.30. The summed E-state index contributed by atoms with van der Waals surface area (Å²) in [5.41, 5.74) is 0.682. The van der Waals surface area contributed by atoms with Gasteiger partial charge in [-0.05, 0) is 60.2 Å². The third kappa shape index (κ3) is 4.37. The zero-order valence-electron chi connectivity index (χ0n) is 15.7. The number of ketones is 1. The van der Waals surface area contributed by atoms with Gasteiger partial charge >= 0.3 is 0 Å². The minimum atomic E-state index is -0.151. The first kappa shape index (κ1) is 19.2. The molecular weight excluding hydrogens is 346 g/mol. The number of aromatic amines is 1. The highest BCUT2D eigenvalue weighted by Crippen LogP contribution is 2.35. The van der Waals surface area contributed by atoms with Crippen molar-refractivity contribution < 1.29 is 4.79 Å². The van der Waals surface area contributed by atoms with E-state index in [1.165, 1.54) is 32.1 Å². The minimum Gasteiger partial charge on any atom is -0.329 e. The van der Waals surface area contributed by atoms with Crippen LogP contribution in [-0.2, 0) is 11.2 Å². The molecule has 1 aliphatic carbocycles. The van der Waals surface area contributed by atoms with Gasteiger partial charge in [0.05, 0.1) is 0 Å². The van der Waals surface area contributed by atoms with Crippen molar-refractivity contribution in [3.63, 3.8) is 0 Å². The first-order valence-corrected chi connectivity index (χ1v) is 10.2. The first-order chi connectivity index (χ1) is 12.5. The average Bonchev–Trinajstić information content (AvgIpc) is 2.62. The molecule has 1 aromatic carbocycles. The van der Waals surface area contributed by atoms with Crippen LogP contribution in [0.5, 0.6) is 0 Å². The lowest BCUT2D eigenvalue weighted by Crippen LogP contribution is -2.28. The van der Waals surface area contributed by atoms with E-state index >= 15 is 0 Å². The van der Waals surface area contributed by atoms with Gasteiger partial charge in [-0.3, -0.25) is 9.59 Å². The summed E-state index contributed by atoms with van der Waals surface area (Å²) in [6, 6.07) is 5.45. The average molecular weight is 374 g/mol. The highest BCUT2D eigenvalue weighted by Gasteiger charge is 2.30. The Labute approximate surface area is 160 Å². The van der Waals surface area contributed by atoms with E-state index in [2.05, 4.69) is 18.8 Å². The number of aromatic nitrogens is 1. The second kappa shape index (κ2) is 8.39. The summed E-state index contributed by atoms with van der Waals surface area (Å²) in [7, 11) is 0. The van der Waals surface area contributed by atoms with E-state index in [4.69, 9.17) is 11.6 Å². The molecule has 1 aliphatic rings. The van der Waals surface area contributed by atoms with Crippen molar-refractivity contribution in [2.24, 2.45) is 17.8 Å². The van der Waals surface area contributed by atoms with Crippen LogP contribution in [0.3, 0.4) is 0 Å². The summed E-state index contributed by atoms with van der Waals surface area (Å²) < 4.78 is 0. The molecule has 0 saturated heterocycles. The van der Waals surface area contributed by atoms with Crippen LogP contribution in [0.2, 0.25) is 5.02 Å². The lowest BCUT2D eigenvalue weighted by molar-refractivity contribution is -0.124. The Bertz CT molecular complexity index is 834. The van der Waals surface area contributed by atoms with Gasteiger partial charge in [0.2, 0.25) is 0 Å². The predicted octanol–water partition coefficient (Wildman–Crippen LogP) is 5.54. The number of pyridine rings is 1. The summed E-state index contributed by atoms with van der Waals surface area (Å²) >= 11 is 6.41. The molecule has 0 bridgehead atoms. The van der Waals surface area contributed by atoms with E-state index in [0.717, 1.165) is 17.4 Å². The van der Waals surface area contributed by atoms with Gasteiger partial charge in [0, 0.05) is 28.9 Å². The molecule has 0 unspecified atom stereocenters. The summed E-state index contributed by atoms with van der Waals surface area (Å²) in [4.78, 5) is 27.8. The summed E-state index contributed by atoms with van der Waals surface area (Å²) in [6.45, 7) is 4.39. The second-order valence-electron chi connectivity index (χ2n) is 8.11. The molecule has 2 aromatic rings. The van der Waals surface area contributed by atoms with E-state index in [-0.39, 0.29) is 11.5 Å². The quantitative estimate of drug-likeness (QED) is 0.723. The van der Waals surface area contributed by atoms with Gasteiger partial charge < -0.3 is 4.98 Å². The standard InChI is InChI=1S/C22H28ClNO2/c1-14(2)10-18(15-6-4-3-5-7-15)21(25)12-17-11-16-8-9-24-22(26)19(16)13-20(17)23/h8-9,11,13-15,18H,3-7,10,12H2,1-2H3,(H,24,26)/t18-/m0/s1. The number of hydrogen-bond donors (Lipinski definition) is 1. The fourth-order valence-electron chi connectivity index (χ4n) is 4.34. The summed E-state index contributed by atoms with van der Waals surface area (Å²) in [6.07, 6.45) is 9.06. The molecule has 0 amide bonds. The number of nitrogens with one attached hydrogen (secondary N) is 1. The van der Waals surface area contributed by atoms with Crippen molar-refractivity contribution in [2.45, 2.75) is 58.8 Å². The fraction of sp³-hybridized carbons (Fsp3) is 0.545. The van der Waals surface area contributed by atoms with Gasteiger partial charge in [-0.15, -0.1) is 0 Å². The van der Waals surface area contributed by atoms with Crippen LogP contribution in [0.4, 0.5) is 0 Å². The molecular formula is C22H28ClNO2. The largest absolute Gasteiger partial charge is 0.329 e. The van der Waals surface area contributed by atoms with Crippen LogP contribution in [0.15, 0.2) is 29.2 Å². The Hall–Kier alpha value is -1.61. The van der Waals surface area contributed by atoms with Crippen molar-refractivity contribution in [1.82, 2.24) is 4.98 Å². The molecule has 1 aromatic heterocycles. The topological polar surface area (TPSA) is 49.9 Å². The second-order valence-corrected chi connectivity index (χ2v) is 8.52. The monoisotopic (exact) mass is 373 g/mol. The van der Waals surface area contributed by atoms with Gasteiger partial charge in [-0.1, -0.05) is 44.7 Å². The number of carbonyl (C=O) groups excluding carboxylic acids is 1. The third-order valence-electron chi connectivity index (χ3n) is 5.66. The lowest BCUT2D eigenvalue weighted by atomic mass is 9.74. The molecule has 1 atom stereocenters. The van der Waals surface area contributed by atoms with Gasteiger partial charge in [-0.25, -0.2) is 0 Å². The summed E-state index contributed by atoms with van der Waals surface area (Å²) in [5.74, 6) is 1.45. The van der Waals surface area contributed by atoms with Crippen LogP contribution in [-0.4, -0.2) is 10.8 Å². The van der Waals surface area contributed by atoms with Gasteiger partial charge in [0.25, 0.3) is 5.56 Å². The van der Waals surface area contributed by atoms with Crippen LogP contribution >= 0.6 is 11.6 Å². The molecule has 0 aliphatic heterocycles. The Morgan fingerprint density at radius 1 is 1.23 bits per heavy atom. The maximum Gasteiger partial charge on any atom is 0.255 e. The molecule has 1 N–H and O–H groups in total. The number of rotatable bonds is 6. The zero-order chi connectivity index (χ0) is 18.7. The number of H-pyrrole nitrogens is 1. The van der Waals surface area contributed by atoms with Crippen molar-refractivity contribution in [1.29, 1.82) is 0 Å². The number of Topliss-reactive ketones (excluding diaryl/α,β-unsaturated/α-hetero) is 1. The van der Waals surface area contributed by atoms with Crippen molar-refractivity contribution in [2.75, 3.05) is 0 Å². The van der Waals surface area contributed by atoms with Gasteiger partial charge in [0.1, 0.15) is 5.78 Å². The Morgan fingerprint density at radius 2 is 1.96 bits per heavy atom. The van der Waals surface area contributed by atoms with E-state index in [1.54, 1.807) is 12.3 Å². The molecule has 1 fully saturated rings. The molecule has 1 heterocycles. The number of halogens is 1. The Kier molecular flexibility index (Phi) is 6.18. The SMILES string of the molecule is CC(C)C[C@H](C(=O)Cc1cc2cc[nH]c(=O)c2cc1Cl)C1CCCCC1. The van der Waals surface area contributed by atoms with E-state index < -0.39 is 0 Å². The maximum atomic E-state index is 13.2. The molecule has 4 heteroatoms. The zero-order valence-corrected chi connectivity index (χ0v) is 16.4. The van der Waals surface area contributed by atoms with Crippen LogP contribution in [0, 0.1) is 17.8 Å². The van der Waals surface area contributed by atoms with Crippen LogP contribution in [0.25, 0.3) is 10.8 Å². The molecule has 3 nitrogen and oxygen atoms in total. The number of benzene rings is 1. The highest BCUT2D eigenvalue weighted by molar-refractivity contribution is 6.32. The minimum absolute atomic E-state index is 0.126. The van der Waals surface area contributed by atoms with Crippen molar-refractivity contribution in [3.8, 4) is 0 Å². The van der Waals surface area contributed by atoms with Crippen molar-refractivity contribution in [3.05, 3.63) is 45.3 Å². The number of hydrogen-bond acceptors (Lipinski definition) is 2. The molecule has 0 spiro atoms. The first-order valence-electron chi connectivity index (χ1n) is 9.78. The molecule has 1 saturated carbocycles. The maximum absolute atomic E-state index is 13.2. The number of fused-ring (bicyclic) bond motifs is 1. The van der Waals surface area contributed by atoms with Crippen LogP contribution < -0.4 is 5.56 Å². The van der Waals surface area contributed by atoms with Crippen LogP contribution in [0.1, 0.15) is 57.9 Å². The Balaban J connectivity index is 1.85. The van der Waals surface area contributed by atoms with E-state index in [0.29, 0.717) is 34.4 Å². The fourth-order valence-corrected chi connectivity index (χ4v) is 4.57. The van der Waals surface area contributed by atoms with Gasteiger partial charge in [-0.2, -0.15) is 0 Å². The Morgan fingerprint density at radius 3 is 2.65 bits per heavy atom. The molecule has 0 radical (unpaired) electrons. The molecule has 3 rings (SSSR count). The third-order valence-corrected chi connectivity index (χ3v) is 6.01. The van der Waals surface area contributed by atoms with E-state index in [9.17, 15) is 9.59 Å². The van der Waals surface area contributed by atoms with Gasteiger partial charge in [0.15, 0.2) is 0 Å².